The van der Waals surface area contributed by atoms with E-state index < -0.39 is 0 Å². The average Bonchev–Trinajstić information content (AvgIpc) is 2.63. The molecule has 0 atom stereocenters. The lowest BCUT2D eigenvalue weighted by molar-refractivity contribution is -0.118. The van der Waals surface area contributed by atoms with Gasteiger partial charge in [-0.05, 0) is 43.7 Å². The maximum absolute atomic E-state index is 13.5. The minimum atomic E-state index is -0.322. The van der Waals surface area contributed by atoms with Crippen molar-refractivity contribution in [2.24, 2.45) is 5.10 Å². The van der Waals surface area contributed by atoms with Crippen LogP contribution in [0.5, 0.6) is 0 Å². The van der Waals surface area contributed by atoms with E-state index in [4.69, 9.17) is 0 Å². The van der Waals surface area contributed by atoms with Gasteiger partial charge in [-0.2, -0.15) is 5.10 Å². The Bertz CT molecular complexity index is 715. The van der Waals surface area contributed by atoms with Gasteiger partial charge in [-0.1, -0.05) is 24.3 Å². The Morgan fingerprint density at radius 1 is 1.16 bits per heavy atom. The van der Waals surface area contributed by atoms with Crippen LogP contribution in [-0.2, 0) is 4.79 Å². The summed E-state index contributed by atoms with van der Waals surface area (Å²) in [5, 5.41) is 3.95. The number of carbonyl (C=O) groups excluding carboxylic acids is 1. The van der Waals surface area contributed by atoms with Crippen LogP contribution in [0.1, 0.15) is 19.4 Å². The van der Waals surface area contributed by atoms with Gasteiger partial charge in [0.05, 0.1) is 12.0 Å². The third-order valence-electron chi connectivity index (χ3n) is 3.62. The van der Waals surface area contributed by atoms with Crippen molar-refractivity contribution in [2.75, 3.05) is 23.7 Å². The van der Waals surface area contributed by atoms with Crippen LogP contribution in [0.2, 0.25) is 0 Å². The van der Waals surface area contributed by atoms with Crippen LogP contribution in [-0.4, -0.2) is 31.0 Å². The van der Waals surface area contributed by atoms with Crippen LogP contribution in [0.4, 0.5) is 10.1 Å². The average molecular weight is 359 g/mol. The van der Waals surface area contributed by atoms with Crippen LogP contribution in [0.15, 0.2) is 58.5 Å². The predicted octanol–water partition coefficient (Wildman–Crippen LogP) is 3.91. The molecule has 0 fully saturated rings. The molecule has 0 bridgehead atoms. The summed E-state index contributed by atoms with van der Waals surface area (Å²) < 4.78 is 13.5. The van der Waals surface area contributed by atoms with Crippen LogP contribution in [0, 0.1) is 5.82 Å². The third kappa shape index (κ3) is 5.90. The van der Waals surface area contributed by atoms with Crippen molar-refractivity contribution in [3.8, 4) is 0 Å². The van der Waals surface area contributed by atoms with Crippen molar-refractivity contribution in [3.05, 3.63) is 59.9 Å². The van der Waals surface area contributed by atoms with Gasteiger partial charge in [0.25, 0.3) is 0 Å². The molecular formula is C19H22FN3OS. The number of thioether (sulfide) groups is 1. The van der Waals surface area contributed by atoms with Gasteiger partial charge in [-0.25, -0.2) is 9.82 Å². The van der Waals surface area contributed by atoms with Gasteiger partial charge in [0.15, 0.2) is 0 Å². The fraction of sp³-hybridized carbons (Fsp3) is 0.263. The van der Waals surface area contributed by atoms with Crippen LogP contribution in [0.3, 0.4) is 0 Å². The van der Waals surface area contributed by atoms with Gasteiger partial charge in [0.1, 0.15) is 5.82 Å². The highest BCUT2D eigenvalue weighted by Crippen LogP contribution is 2.20. The Morgan fingerprint density at radius 3 is 2.48 bits per heavy atom. The monoisotopic (exact) mass is 359 g/mol. The highest BCUT2D eigenvalue weighted by molar-refractivity contribution is 8.00. The zero-order valence-corrected chi connectivity index (χ0v) is 15.2. The maximum Gasteiger partial charge on any atom is 0.250 e. The number of halogens is 1. The molecule has 0 aromatic heterocycles. The summed E-state index contributed by atoms with van der Waals surface area (Å²) in [6, 6.07) is 14.4. The first-order valence-electron chi connectivity index (χ1n) is 8.18. The molecule has 0 aliphatic heterocycles. The summed E-state index contributed by atoms with van der Waals surface area (Å²) in [6.07, 6.45) is 1.59. The van der Waals surface area contributed by atoms with E-state index in [1.807, 2.05) is 24.3 Å². The molecule has 0 heterocycles. The molecule has 0 saturated carbocycles. The minimum absolute atomic E-state index is 0.110. The quantitative estimate of drug-likeness (QED) is 0.441. The predicted molar refractivity (Wildman–Crippen MR) is 103 cm³/mol. The number of hydrogen-bond acceptors (Lipinski definition) is 4. The number of rotatable bonds is 8. The second-order valence-electron chi connectivity index (χ2n) is 5.28. The molecule has 6 heteroatoms. The normalized spacial score (nSPS) is 10.8. The number of hydrazone groups is 1. The zero-order valence-electron chi connectivity index (χ0n) is 14.4. The van der Waals surface area contributed by atoms with Gasteiger partial charge in [-0.3, -0.25) is 4.79 Å². The van der Waals surface area contributed by atoms with Crippen molar-refractivity contribution in [1.29, 1.82) is 0 Å². The minimum Gasteiger partial charge on any atom is -0.372 e. The lowest BCUT2D eigenvalue weighted by atomic mass is 10.2. The second kappa shape index (κ2) is 9.84. The second-order valence-corrected chi connectivity index (χ2v) is 6.29. The summed E-state index contributed by atoms with van der Waals surface area (Å²) in [6.45, 7) is 6.15. The molecule has 4 nitrogen and oxygen atoms in total. The largest absolute Gasteiger partial charge is 0.372 e. The molecule has 0 aliphatic rings. The molecule has 0 aliphatic carbocycles. The van der Waals surface area contributed by atoms with Crippen LogP contribution >= 0.6 is 11.8 Å². The summed E-state index contributed by atoms with van der Waals surface area (Å²) in [5.74, 6) is -0.486. The van der Waals surface area contributed by atoms with Crippen molar-refractivity contribution in [1.82, 2.24) is 5.43 Å². The van der Waals surface area contributed by atoms with E-state index in [1.54, 1.807) is 24.4 Å². The van der Waals surface area contributed by atoms with E-state index in [0.717, 1.165) is 36.1 Å². The third-order valence-corrected chi connectivity index (χ3v) is 4.67. The molecule has 25 heavy (non-hydrogen) atoms. The Balaban J connectivity index is 1.82. The topological polar surface area (TPSA) is 44.7 Å². The van der Waals surface area contributed by atoms with E-state index in [0.29, 0.717) is 4.90 Å². The molecule has 2 aromatic carbocycles. The number of nitrogens with zero attached hydrogens (tertiary/aromatic N) is 2. The van der Waals surface area contributed by atoms with Gasteiger partial charge in [0, 0.05) is 23.7 Å². The highest BCUT2D eigenvalue weighted by Gasteiger charge is 2.05. The van der Waals surface area contributed by atoms with Gasteiger partial charge in [-0.15, -0.1) is 11.8 Å². The number of carbonyl (C=O) groups is 1. The lowest BCUT2D eigenvalue weighted by Gasteiger charge is -2.20. The molecule has 0 spiro atoms. The highest BCUT2D eigenvalue weighted by atomic mass is 32.2. The molecular weight excluding hydrogens is 337 g/mol. The molecule has 2 aromatic rings. The molecule has 1 N–H and O–H groups in total. The van der Waals surface area contributed by atoms with Crippen molar-refractivity contribution < 1.29 is 9.18 Å². The van der Waals surface area contributed by atoms with Gasteiger partial charge >= 0.3 is 0 Å². The van der Waals surface area contributed by atoms with E-state index in [9.17, 15) is 9.18 Å². The molecule has 0 unspecified atom stereocenters. The molecule has 132 valence electrons. The Labute approximate surface area is 152 Å². The van der Waals surface area contributed by atoms with Crippen LogP contribution in [0.25, 0.3) is 0 Å². The number of anilines is 1. The van der Waals surface area contributed by atoms with E-state index in [2.05, 4.69) is 29.3 Å². The molecule has 0 radical (unpaired) electrons. The zero-order chi connectivity index (χ0) is 18.1. The summed E-state index contributed by atoms with van der Waals surface area (Å²) >= 11 is 1.15. The number of amides is 1. The fourth-order valence-electron chi connectivity index (χ4n) is 2.28. The first kappa shape index (κ1) is 19.0. The maximum atomic E-state index is 13.5. The Kier molecular flexibility index (Phi) is 7.47. The summed E-state index contributed by atoms with van der Waals surface area (Å²) in [7, 11) is 0. The van der Waals surface area contributed by atoms with E-state index in [1.165, 1.54) is 6.07 Å². The van der Waals surface area contributed by atoms with Crippen molar-refractivity contribution in [2.45, 2.75) is 18.7 Å². The lowest BCUT2D eigenvalue weighted by Crippen LogP contribution is -2.21. The smallest absolute Gasteiger partial charge is 0.250 e. The van der Waals surface area contributed by atoms with Gasteiger partial charge in [0.2, 0.25) is 5.91 Å². The van der Waals surface area contributed by atoms with Crippen molar-refractivity contribution in [3.63, 3.8) is 0 Å². The molecule has 2 rings (SSSR count). The summed E-state index contributed by atoms with van der Waals surface area (Å²) in [4.78, 5) is 14.5. The van der Waals surface area contributed by atoms with Gasteiger partial charge < -0.3 is 4.90 Å². The van der Waals surface area contributed by atoms with E-state index in [-0.39, 0.29) is 17.5 Å². The number of benzene rings is 2. The van der Waals surface area contributed by atoms with Crippen LogP contribution < -0.4 is 10.3 Å². The first-order chi connectivity index (χ1) is 12.1. The molecule has 0 saturated heterocycles. The molecule has 1 amide bonds. The first-order valence-corrected chi connectivity index (χ1v) is 9.16. The SMILES string of the molecule is CCN(CC)c1ccc(/C=N\NC(=O)CSc2ccccc2F)cc1. The number of nitrogens with one attached hydrogen (secondary N) is 1. The van der Waals surface area contributed by atoms with E-state index >= 15 is 0 Å². The standard InChI is InChI=1S/C19H22FN3OS/c1-3-23(4-2)16-11-9-15(10-12-16)13-21-22-19(24)14-25-18-8-6-5-7-17(18)20/h5-13H,3-4,14H2,1-2H3,(H,22,24)/b21-13-. The Hall–Kier alpha value is -2.34. The number of hydrogen-bond donors (Lipinski definition) is 1. The Morgan fingerprint density at radius 2 is 1.84 bits per heavy atom. The fourth-order valence-corrected chi connectivity index (χ4v) is 3.01. The van der Waals surface area contributed by atoms with Crippen molar-refractivity contribution >= 4 is 29.6 Å². The summed E-state index contributed by atoms with van der Waals surface area (Å²) in [5.41, 5.74) is 4.52.